The van der Waals surface area contributed by atoms with Gasteiger partial charge >= 0.3 is 6.09 Å². The Morgan fingerprint density at radius 3 is 2.19 bits per heavy atom. The number of benzene rings is 2. The largest absolute Gasteiger partial charge is 0.444 e. The highest BCUT2D eigenvalue weighted by Crippen LogP contribution is 2.15. The summed E-state index contributed by atoms with van der Waals surface area (Å²) in [6.07, 6.45) is -0.667. The molecule has 4 N–H and O–H groups in total. The number of ether oxygens (including phenoxy) is 1. The zero-order valence-electron chi connectivity index (χ0n) is 18.6. The molecule has 0 aliphatic carbocycles. The Labute approximate surface area is 186 Å². The van der Waals surface area contributed by atoms with Gasteiger partial charge in [-0.25, -0.2) is 4.79 Å². The van der Waals surface area contributed by atoms with Crippen molar-refractivity contribution in [1.29, 1.82) is 0 Å². The zero-order valence-corrected chi connectivity index (χ0v) is 18.6. The van der Waals surface area contributed by atoms with Crippen LogP contribution < -0.4 is 21.3 Å². The van der Waals surface area contributed by atoms with Gasteiger partial charge < -0.3 is 26.0 Å². The minimum atomic E-state index is -0.667. The Bertz CT molecular complexity index is 998. The molecule has 2 rings (SSSR count). The highest BCUT2D eigenvalue weighted by atomic mass is 16.6. The van der Waals surface area contributed by atoms with Gasteiger partial charge in [0.15, 0.2) is 0 Å². The van der Waals surface area contributed by atoms with E-state index in [1.165, 1.54) is 6.92 Å². The Kier molecular flexibility index (Phi) is 8.34. The second-order valence-electron chi connectivity index (χ2n) is 8.05. The summed E-state index contributed by atoms with van der Waals surface area (Å²) in [5, 5.41) is 10.5. The number of nitrogens with one attached hydrogen (secondary N) is 4. The van der Waals surface area contributed by atoms with E-state index >= 15 is 0 Å². The molecule has 0 fully saturated rings. The molecule has 9 nitrogen and oxygen atoms in total. The maximum atomic E-state index is 12.5. The summed E-state index contributed by atoms with van der Waals surface area (Å²) in [6.45, 7) is 6.60. The third-order valence-corrected chi connectivity index (χ3v) is 3.91. The smallest absolute Gasteiger partial charge is 0.408 e. The molecule has 0 saturated carbocycles. The lowest BCUT2D eigenvalue weighted by Crippen LogP contribution is -2.39. The van der Waals surface area contributed by atoms with Gasteiger partial charge in [0.1, 0.15) is 12.1 Å². The monoisotopic (exact) mass is 440 g/mol. The molecule has 0 unspecified atom stereocenters. The van der Waals surface area contributed by atoms with Gasteiger partial charge in [-0.15, -0.1) is 0 Å². The summed E-state index contributed by atoms with van der Waals surface area (Å²) in [7, 11) is 0. The fourth-order valence-corrected chi connectivity index (χ4v) is 2.63. The van der Waals surface area contributed by atoms with Crippen molar-refractivity contribution >= 4 is 35.2 Å². The van der Waals surface area contributed by atoms with Crippen LogP contribution >= 0.6 is 0 Å². The number of carbonyl (C=O) groups excluding carboxylic acids is 4. The van der Waals surface area contributed by atoms with Crippen LogP contribution in [0.5, 0.6) is 0 Å². The van der Waals surface area contributed by atoms with Crippen LogP contribution in [0.1, 0.15) is 43.6 Å². The first-order chi connectivity index (χ1) is 15.0. The summed E-state index contributed by atoms with van der Waals surface area (Å²) in [6, 6.07) is 13.6. The van der Waals surface area contributed by atoms with Crippen LogP contribution in [0, 0.1) is 0 Å². The maximum Gasteiger partial charge on any atom is 0.408 e. The summed E-state index contributed by atoms with van der Waals surface area (Å²) < 4.78 is 5.08. The standard InChI is InChI=1S/C23H28N4O5/c1-15(28)26-19-10-6-8-17(12-19)21(30)27-18-9-5-7-16(11-18)13-24-20(29)14-25-22(31)32-23(2,3)4/h5-12H,13-14H2,1-4H3,(H,24,29)(H,25,31)(H,26,28)(H,27,30). The van der Waals surface area contributed by atoms with Gasteiger partial charge in [0.25, 0.3) is 5.91 Å². The van der Waals surface area contributed by atoms with E-state index in [4.69, 9.17) is 4.74 Å². The number of alkyl carbamates (subject to hydrolysis) is 1. The van der Waals surface area contributed by atoms with Crippen molar-refractivity contribution in [3.05, 3.63) is 59.7 Å². The van der Waals surface area contributed by atoms with Crippen LogP contribution in [0.3, 0.4) is 0 Å². The molecule has 0 atom stereocenters. The summed E-state index contributed by atoms with van der Waals surface area (Å²) >= 11 is 0. The van der Waals surface area contributed by atoms with E-state index in [-0.39, 0.29) is 30.8 Å². The highest BCUT2D eigenvalue weighted by Gasteiger charge is 2.16. The summed E-state index contributed by atoms with van der Waals surface area (Å²) in [4.78, 5) is 47.3. The Morgan fingerprint density at radius 2 is 1.53 bits per heavy atom. The molecule has 0 bridgehead atoms. The molecule has 2 aromatic carbocycles. The minimum absolute atomic E-state index is 0.212. The van der Waals surface area contributed by atoms with E-state index in [0.717, 1.165) is 5.56 Å². The number of anilines is 2. The van der Waals surface area contributed by atoms with Crippen LogP contribution in [-0.2, 0) is 20.9 Å². The number of rotatable bonds is 7. The lowest BCUT2D eigenvalue weighted by atomic mass is 10.1. The van der Waals surface area contributed by atoms with Gasteiger partial charge in [0.2, 0.25) is 11.8 Å². The quantitative estimate of drug-likeness (QED) is 0.527. The third-order valence-electron chi connectivity index (χ3n) is 3.91. The molecule has 0 aromatic heterocycles. The Balaban J connectivity index is 1.88. The fourth-order valence-electron chi connectivity index (χ4n) is 2.63. The first-order valence-corrected chi connectivity index (χ1v) is 10.0. The molecule has 0 radical (unpaired) electrons. The molecule has 0 heterocycles. The molecule has 9 heteroatoms. The SMILES string of the molecule is CC(=O)Nc1cccc(C(=O)Nc2cccc(CNC(=O)CNC(=O)OC(C)(C)C)c2)c1. The topological polar surface area (TPSA) is 126 Å². The molecular formula is C23H28N4O5. The normalized spacial score (nSPS) is 10.6. The van der Waals surface area contributed by atoms with Gasteiger partial charge in [-0.05, 0) is 56.7 Å². The average molecular weight is 441 g/mol. The van der Waals surface area contributed by atoms with E-state index in [2.05, 4.69) is 21.3 Å². The fraction of sp³-hybridized carbons (Fsp3) is 0.304. The molecule has 0 saturated heterocycles. The number of carbonyl (C=O) groups is 4. The van der Waals surface area contributed by atoms with Crippen molar-refractivity contribution in [1.82, 2.24) is 10.6 Å². The van der Waals surface area contributed by atoms with Gasteiger partial charge in [-0.1, -0.05) is 18.2 Å². The Hall–Kier alpha value is -3.88. The Morgan fingerprint density at radius 1 is 0.875 bits per heavy atom. The van der Waals surface area contributed by atoms with Crippen LogP contribution in [0.2, 0.25) is 0 Å². The van der Waals surface area contributed by atoms with Crippen molar-refractivity contribution in [3.8, 4) is 0 Å². The van der Waals surface area contributed by atoms with Gasteiger partial charge in [0, 0.05) is 30.4 Å². The van der Waals surface area contributed by atoms with Crippen LogP contribution in [-0.4, -0.2) is 36.0 Å². The predicted molar refractivity (Wildman–Crippen MR) is 121 cm³/mol. The molecule has 4 amide bonds. The van der Waals surface area contributed by atoms with Crippen LogP contribution in [0.25, 0.3) is 0 Å². The summed E-state index contributed by atoms with van der Waals surface area (Å²) in [5.74, 6) is -0.932. The van der Waals surface area contributed by atoms with E-state index in [1.807, 2.05) is 0 Å². The lowest BCUT2D eigenvalue weighted by molar-refractivity contribution is -0.120. The minimum Gasteiger partial charge on any atom is -0.444 e. The number of amides is 4. The van der Waals surface area contributed by atoms with Crippen molar-refractivity contribution < 1.29 is 23.9 Å². The maximum absolute atomic E-state index is 12.5. The summed E-state index contributed by atoms with van der Waals surface area (Å²) in [5.41, 5.74) is 1.60. The molecule has 0 aliphatic heterocycles. The van der Waals surface area contributed by atoms with Gasteiger partial charge in [0.05, 0.1) is 0 Å². The van der Waals surface area contributed by atoms with Gasteiger partial charge in [-0.2, -0.15) is 0 Å². The van der Waals surface area contributed by atoms with Crippen LogP contribution in [0.15, 0.2) is 48.5 Å². The molecule has 170 valence electrons. The predicted octanol–water partition coefficient (Wildman–Crippen LogP) is 3.04. The van der Waals surface area contributed by atoms with Crippen LogP contribution in [0.4, 0.5) is 16.2 Å². The van der Waals surface area contributed by atoms with Crippen molar-refractivity contribution in [3.63, 3.8) is 0 Å². The average Bonchev–Trinajstić information content (AvgIpc) is 2.69. The third kappa shape index (κ3) is 8.86. The van der Waals surface area contributed by atoms with E-state index < -0.39 is 11.7 Å². The second-order valence-corrected chi connectivity index (χ2v) is 8.05. The lowest BCUT2D eigenvalue weighted by Gasteiger charge is -2.19. The number of hydrogen-bond acceptors (Lipinski definition) is 5. The highest BCUT2D eigenvalue weighted by molar-refractivity contribution is 6.05. The second kappa shape index (κ2) is 10.9. The van der Waals surface area contributed by atoms with Crippen molar-refractivity contribution in [2.75, 3.05) is 17.2 Å². The first-order valence-electron chi connectivity index (χ1n) is 10.0. The number of hydrogen-bond donors (Lipinski definition) is 4. The molecule has 0 aliphatic rings. The van der Waals surface area contributed by atoms with Crippen molar-refractivity contribution in [2.45, 2.75) is 39.8 Å². The zero-order chi connectivity index (χ0) is 23.7. The molecule has 2 aromatic rings. The van der Waals surface area contributed by atoms with Gasteiger partial charge in [-0.3, -0.25) is 14.4 Å². The molecular weight excluding hydrogens is 412 g/mol. The van der Waals surface area contributed by atoms with Crippen molar-refractivity contribution in [2.24, 2.45) is 0 Å². The van der Waals surface area contributed by atoms with E-state index in [9.17, 15) is 19.2 Å². The first kappa shape index (κ1) is 24.4. The van der Waals surface area contributed by atoms with E-state index in [1.54, 1.807) is 69.3 Å². The molecule has 0 spiro atoms. The van der Waals surface area contributed by atoms with E-state index in [0.29, 0.717) is 16.9 Å². The molecule has 32 heavy (non-hydrogen) atoms.